The van der Waals surface area contributed by atoms with Crippen LogP contribution in [0.4, 0.5) is 11.4 Å². The quantitative estimate of drug-likeness (QED) is 0.277. The van der Waals surface area contributed by atoms with Crippen LogP contribution in [0.15, 0.2) is 83.3 Å². The zero-order chi connectivity index (χ0) is 22.2. The van der Waals surface area contributed by atoms with Gasteiger partial charge in [0.15, 0.2) is 5.58 Å². The van der Waals surface area contributed by atoms with Gasteiger partial charge in [-0.2, -0.15) is 0 Å². The fourth-order valence-electron chi connectivity index (χ4n) is 3.75. The van der Waals surface area contributed by atoms with E-state index in [0.717, 1.165) is 16.3 Å². The summed E-state index contributed by atoms with van der Waals surface area (Å²) in [6, 6.07) is 23.3. The van der Waals surface area contributed by atoms with Gasteiger partial charge in [0.1, 0.15) is 5.52 Å². The maximum Gasteiger partial charge on any atom is 0.272 e. The van der Waals surface area contributed by atoms with Crippen LogP contribution in [0.5, 0.6) is 0 Å². The number of amides is 1. The number of carbonyl (C=O) groups is 1. The summed E-state index contributed by atoms with van der Waals surface area (Å²) in [6.45, 7) is 1.60. The van der Waals surface area contributed by atoms with Gasteiger partial charge in [0.25, 0.3) is 11.6 Å². The summed E-state index contributed by atoms with van der Waals surface area (Å²) in [7, 11) is 0. The Morgan fingerprint density at radius 2 is 1.78 bits per heavy atom. The molecule has 0 saturated carbocycles. The molecule has 0 aliphatic heterocycles. The topological polar surface area (TPSA) is 98.3 Å². The van der Waals surface area contributed by atoms with E-state index in [9.17, 15) is 14.9 Å². The van der Waals surface area contributed by atoms with Crippen molar-refractivity contribution in [2.24, 2.45) is 0 Å². The Bertz CT molecular complexity index is 1520. The minimum Gasteiger partial charge on any atom is -0.436 e. The van der Waals surface area contributed by atoms with E-state index in [1.54, 1.807) is 19.1 Å². The number of hydrogen-bond acceptors (Lipinski definition) is 5. The molecule has 1 heterocycles. The fraction of sp³-hybridized carbons (Fsp3) is 0.0400. The number of nitrogens with zero attached hydrogens (tertiary/aromatic N) is 2. The predicted octanol–water partition coefficient (Wildman–Crippen LogP) is 6.12. The van der Waals surface area contributed by atoms with Gasteiger partial charge in [-0.1, -0.05) is 42.5 Å². The van der Waals surface area contributed by atoms with Gasteiger partial charge in [-0.25, -0.2) is 4.98 Å². The minimum atomic E-state index is -0.469. The molecule has 1 aromatic heterocycles. The smallest absolute Gasteiger partial charge is 0.272 e. The van der Waals surface area contributed by atoms with E-state index in [4.69, 9.17) is 9.40 Å². The van der Waals surface area contributed by atoms with Crippen molar-refractivity contribution in [2.75, 3.05) is 5.32 Å². The molecule has 5 aromatic rings. The number of nitrogens with one attached hydrogen (secondary N) is 1. The number of nitro groups is 1. The Balaban J connectivity index is 1.52. The standard InChI is InChI=1S/C25H17N3O4/c1-15-14-17(10-12-21(15)28(30)31)24(29)26-20-9-5-4-8-19(20)25-27-23-18-7-3-2-6-16(18)11-13-22(23)32-25/h2-14H,1H3,(H,26,29). The molecule has 0 aliphatic carbocycles. The van der Waals surface area contributed by atoms with E-state index in [2.05, 4.69) is 5.32 Å². The lowest BCUT2D eigenvalue weighted by molar-refractivity contribution is -0.385. The van der Waals surface area contributed by atoms with Crippen molar-refractivity contribution >= 4 is 39.2 Å². The normalized spacial score (nSPS) is 11.0. The number of carbonyl (C=O) groups excluding carboxylic acids is 1. The summed E-state index contributed by atoms with van der Waals surface area (Å²) in [6.07, 6.45) is 0. The number of hydrogen-bond donors (Lipinski definition) is 1. The highest BCUT2D eigenvalue weighted by atomic mass is 16.6. The summed E-state index contributed by atoms with van der Waals surface area (Å²) in [4.78, 5) is 28.1. The highest BCUT2D eigenvalue weighted by Crippen LogP contribution is 2.33. The summed E-state index contributed by atoms with van der Waals surface area (Å²) in [5.41, 5.74) is 3.30. The molecule has 7 nitrogen and oxygen atoms in total. The van der Waals surface area contributed by atoms with E-state index in [0.29, 0.717) is 33.9 Å². The van der Waals surface area contributed by atoms with Crippen molar-refractivity contribution in [1.29, 1.82) is 0 Å². The lowest BCUT2D eigenvalue weighted by Gasteiger charge is -2.09. The van der Waals surface area contributed by atoms with E-state index in [1.807, 2.05) is 48.5 Å². The van der Waals surface area contributed by atoms with Gasteiger partial charge in [-0.3, -0.25) is 14.9 Å². The maximum atomic E-state index is 12.8. The molecule has 0 radical (unpaired) electrons. The van der Waals surface area contributed by atoms with Gasteiger partial charge in [0.2, 0.25) is 5.89 Å². The van der Waals surface area contributed by atoms with Crippen molar-refractivity contribution in [1.82, 2.24) is 4.98 Å². The van der Waals surface area contributed by atoms with E-state index < -0.39 is 4.92 Å². The largest absolute Gasteiger partial charge is 0.436 e. The lowest BCUT2D eigenvalue weighted by Crippen LogP contribution is -2.13. The monoisotopic (exact) mass is 423 g/mol. The lowest BCUT2D eigenvalue weighted by atomic mass is 10.1. The average molecular weight is 423 g/mol. The SMILES string of the molecule is Cc1cc(C(=O)Nc2ccccc2-c2nc3c(ccc4ccccc43)o2)ccc1[N+](=O)[O-]. The molecule has 0 fully saturated rings. The second kappa shape index (κ2) is 7.63. The third-order valence-electron chi connectivity index (χ3n) is 5.34. The summed E-state index contributed by atoms with van der Waals surface area (Å²) in [5.74, 6) is 0.0177. The van der Waals surface area contributed by atoms with Crippen molar-refractivity contribution in [3.63, 3.8) is 0 Å². The number of aromatic nitrogens is 1. The highest BCUT2D eigenvalue weighted by Gasteiger charge is 2.18. The molecule has 0 bridgehead atoms. The van der Waals surface area contributed by atoms with Crippen LogP contribution in [0.25, 0.3) is 33.3 Å². The predicted molar refractivity (Wildman–Crippen MR) is 123 cm³/mol. The van der Waals surface area contributed by atoms with Gasteiger partial charge in [-0.15, -0.1) is 0 Å². The maximum absolute atomic E-state index is 12.8. The van der Waals surface area contributed by atoms with Gasteiger partial charge in [0, 0.05) is 22.6 Å². The van der Waals surface area contributed by atoms with E-state index >= 15 is 0 Å². The van der Waals surface area contributed by atoms with Crippen LogP contribution in [0, 0.1) is 17.0 Å². The fourth-order valence-corrected chi connectivity index (χ4v) is 3.75. The zero-order valence-electron chi connectivity index (χ0n) is 17.0. The summed E-state index contributed by atoms with van der Waals surface area (Å²) < 4.78 is 6.01. The molecule has 1 N–H and O–H groups in total. The van der Waals surface area contributed by atoms with Crippen LogP contribution < -0.4 is 5.32 Å². The molecular weight excluding hydrogens is 406 g/mol. The molecule has 4 aromatic carbocycles. The number of nitro benzene ring substituents is 1. The molecule has 156 valence electrons. The van der Waals surface area contributed by atoms with E-state index in [-0.39, 0.29) is 11.6 Å². The average Bonchev–Trinajstić information content (AvgIpc) is 3.24. The molecule has 32 heavy (non-hydrogen) atoms. The first-order chi connectivity index (χ1) is 15.5. The highest BCUT2D eigenvalue weighted by molar-refractivity contribution is 6.07. The second-order valence-corrected chi connectivity index (χ2v) is 7.41. The molecule has 0 atom stereocenters. The Morgan fingerprint density at radius 3 is 2.59 bits per heavy atom. The minimum absolute atomic E-state index is 0.0272. The van der Waals surface area contributed by atoms with E-state index in [1.165, 1.54) is 18.2 Å². The van der Waals surface area contributed by atoms with Crippen LogP contribution >= 0.6 is 0 Å². The zero-order valence-corrected chi connectivity index (χ0v) is 17.0. The number of benzene rings is 4. The van der Waals surface area contributed by atoms with Gasteiger partial charge in [-0.05, 0) is 42.6 Å². The number of aryl methyl sites for hydroxylation is 1. The Labute approximate surface area is 182 Å². The van der Waals surface area contributed by atoms with Crippen molar-refractivity contribution in [3.05, 3.63) is 100 Å². The van der Waals surface area contributed by atoms with Crippen LogP contribution in [0.2, 0.25) is 0 Å². The summed E-state index contributed by atoms with van der Waals surface area (Å²) >= 11 is 0. The van der Waals surface area contributed by atoms with Crippen LogP contribution in [0.3, 0.4) is 0 Å². The first-order valence-electron chi connectivity index (χ1n) is 9.95. The Morgan fingerprint density at radius 1 is 1.00 bits per heavy atom. The first-order valence-corrected chi connectivity index (χ1v) is 9.95. The van der Waals surface area contributed by atoms with Crippen molar-refractivity contribution in [2.45, 2.75) is 6.92 Å². The number of para-hydroxylation sites is 1. The van der Waals surface area contributed by atoms with Gasteiger partial charge < -0.3 is 9.73 Å². The van der Waals surface area contributed by atoms with Gasteiger partial charge in [0.05, 0.1) is 16.2 Å². The number of anilines is 1. The molecule has 0 unspecified atom stereocenters. The first kappa shape index (κ1) is 19.4. The third kappa shape index (κ3) is 3.35. The molecule has 5 rings (SSSR count). The Hall–Kier alpha value is -4.52. The molecule has 0 spiro atoms. The van der Waals surface area contributed by atoms with Crippen molar-refractivity contribution in [3.8, 4) is 11.5 Å². The molecule has 0 saturated heterocycles. The number of rotatable bonds is 4. The molecular formula is C25H17N3O4. The number of fused-ring (bicyclic) bond motifs is 3. The van der Waals surface area contributed by atoms with Crippen LogP contribution in [-0.2, 0) is 0 Å². The third-order valence-corrected chi connectivity index (χ3v) is 5.34. The Kier molecular flexibility index (Phi) is 4.63. The molecule has 7 heteroatoms. The van der Waals surface area contributed by atoms with Gasteiger partial charge >= 0.3 is 0 Å². The van der Waals surface area contributed by atoms with Crippen molar-refractivity contribution < 1.29 is 14.1 Å². The summed E-state index contributed by atoms with van der Waals surface area (Å²) in [5, 5.41) is 16.0. The van der Waals surface area contributed by atoms with Crippen LogP contribution in [0.1, 0.15) is 15.9 Å². The molecule has 1 amide bonds. The number of oxazole rings is 1. The van der Waals surface area contributed by atoms with Crippen LogP contribution in [-0.4, -0.2) is 15.8 Å². The molecule has 0 aliphatic rings. The second-order valence-electron chi connectivity index (χ2n) is 7.41.